The minimum Gasteiger partial charge on any atom is -0.398 e. The summed E-state index contributed by atoms with van der Waals surface area (Å²) in [5.41, 5.74) is 7.80. The van der Waals surface area contributed by atoms with Crippen LogP contribution >= 0.6 is 31.9 Å². The Labute approximate surface area is 118 Å². The van der Waals surface area contributed by atoms with Gasteiger partial charge in [-0.2, -0.15) is 0 Å². The van der Waals surface area contributed by atoms with E-state index in [2.05, 4.69) is 37.2 Å². The quantitative estimate of drug-likeness (QED) is 0.723. The number of nitrogen functional groups attached to an aromatic ring is 1. The van der Waals surface area contributed by atoms with Crippen molar-refractivity contribution in [1.82, 2.24) is 5.32 Å². The van der Waals surface area contributed by atoms with Crippen molar-refractivity contribution in [2.75, 3.05) is 5.73 Å². The van der Waals surface area contributed by atoms with Crippen molar-refractivity contribution in [2.45, 2.75) is 38.0 Å². The molecule has 1 aliphatic rings. The third-order valence-corrected chi connectivity index (χ3v) is 4.33. The molecule has 17 heavy (non-hydrogen) atoms. The summed E-state index contributed by atoms with van der Waals surface area (Å²) in [5, 5.41) is 13.1. The molecule has 0 saturated heterocycles. The average molecular weight is 364 g/mol. The van der Waals surface area contributed by atoms with Crippen LogP contribution in [-0.2, 0) is 6.54 Å². The molecule has 1 aliphatic carbocycles. The summed E-state index contributed by atoms with van der Waals surface area (Å²) in [6, 6.07) is 4.14. The van der Waals surface area contributed by atoms with Gasteiger partial charge in [0.05, 0.1) is 11.8 Å². The van der Waals surface area contributed by atoms with Crippen molar-refractivity contribution >= 4 is 37.5 Å². The molecule has 1 fully saturated rings. The molecule has 3 nitrogen and oxygen atoms in total. The molecule has 0 heterocycles. The van der Waals surface area contributed by atoms with Crippen LogP contribution < -0.4 is 11.1 Å². The first-order chi connectivity index (χ1) is 8.08. The first-order valence-electron chi connectivity index (χ1n) is 5.73. The lowest BCUT2D eigenvalue weighted by atomic mass is 10.1. The Bertz CT molecular complexity index is 412. The number of halogens is 2. The van der Waals surface area contributed by atoms with E-state index in [-0.39, 0.29) is 12.1 Å². The van der Waals surface area contributed by atoms with Crippen LogP contribution in [0.25, 0.3) is 0 Å². The molecule has 0 aliphatic heterocycles. The van der Waals surface area contributed by atoms with Crippen molar-refractivity contribution in [3.8, 4) is 0 Å². The number of benzene rings is 1. The highest BCUT2D eigenvalue weighted by molar-refractivity contribution is 9.11. The van der Waals surface area contributed by atoms with Crippen LogP contribution in [0, 0.1) is 0 Å². The number of aliphatic hydroxyl groups is 1. The second kappa shape index (κ2) is 5.69. The van der Waals surface area contributed by atoms with Crippen LogP contribution in [0.2, 0.25) is 0 Å². The molecule has 1 saturated carbocycles. The molecule has 0 bridgehead atoms. The van der Waals surface area contributed by atoms with Crippen LogP contribution in [0.1, 0.15) is 24.8 Å². The van der Waals surface area contributed by atoms with Gasteiger partial charge < -0.3 is 16.2 Å². The maximum atomic E-state index is 9.73. The first-order valence-corrected chi connectivity index (χ1v) is 7.31. The summed E-state index contributed by atoms with van der Waals surface area (Å²) in [6.07, 6.45) is 2.81. The molecule has 0 spiro atoms. The zero-order valence-corrected chi connectivity index (χ0v) is 12.6. The molecule has 0 aromatic heterocycles. The minimum atomic E-state index is -0.216. The van der Waals surface area contributed by atoms with E-state index in [1.165, 1.54) is 0 Å². The van der Waals surface area contributed by atoms with Gasteiger partial charge in [-0.1, -0.05) is 15.9 Å². The van der Waals surface area contributed by atoms with Gasteiger partial charge >= 0.3 is 0 Å². The molecule has 0 radical (unpaired) electrons. The van der Waals surface area contributed by atoms with E-state index >= 15 is 0 Å². The molecule has 1 aromatic rings. The Morgan fingerprint density at radius 1 is 1.35 bits per heavy atom. The van der Waals surface area contributed by atoms with Crippen LogP contribution in [0.15, 0.2) is 21.1 Å². The Balaban J connectivity index is 2.03. The minimum absolute atomic E-state index is 0.201. The average Bonchev–Trinajstić information content (AvgIpc) is 2.67. The lowest BCUT2D eigenvalue weighted by molar-refractivity contribution is 0.148. The van der Waals surface area contributed by atoms with Gasteiger partial charge in [-0.25, -0.2) is 0 Å². The third kappa shape index (κ3) is 3.22. The maximum Gasteiger partial charge on any atom is 0.0693 e. The molecule has 4 N–H and O–H groups in total. The molecule has 2 atom stereocenters. The van der Waals surface area contributed by atoms with Gasteiger partial charge in [0.15, 0.2) is 0 Å². The van der Waals surface area contributed by atoms with Gasteiger partial charge in [0.2, 0.25) is 0 Å². The highest BCUT2D eigenvalue weighted by atomic mass is 79.9. The number of hydrogen-bond donors (Lipinski definition) is 3. The summed E-state index contributed by atoms with van der Waals surface area (Å²) >= 11 is 6.88. The zero-order chi connectivity index (χ0) is 12.4. The number of aliphatic hydroxyl groups excluding tert-OH is 1. The monoisotopic (exact) mass is 362 g/mol. The third-order valence-electron chi connectivity index (χ3n) is 3.21. The summed E-state index contributed by atoms with van der Waals surface area (Å²) in [5.74, 6) is 0. The lowest BCUT2D eigenvalue weighted by Gasteiger charge is -2.17. The summed E-state index contributed by atoms with van der Waals surface area (Å²) < 4.78 is 1.90. The van der Waals surface area contributed by atoms with E-state index in [4.69, 9.17) is 5.73 Å². The molecule has 2 rings (SSSR count). The maximum absolute atomic E-state index is 9.73. The van der Waals surface area contributed by atoms with Crippen molar-refractivity contribution in [1.29, 1.82) is 0 Å². The highest BCUT2D eigenvalue weighted by Gasteiger charge is 2.24. The first kappa shape index (κ1) is 13.3. The van der Waals surface area contributed by atoms with Crippen molar-refractivity contribution < 1.29 is 5.11 Å². The molecule has 1 aromatic carbocycles. The van der Waals surface area contributed by atoms with Gasteiger partial charge in [-0.05, 0) is 52.9 Å². The van der Waals surface area contributed by atoms with Crippen LogP contribution in [-0.4, -0.2) is 17.3 Å². The van der Waals surface area contributed by atoms with Gasteiger partial charge in [0, 0.05) is 21.5 Å². The van der Waals surface area contributed by atoms with Gasteiger partial charge in [-0.3, -0.25) is 0 Å². The molecule has 5 heteroatoms. The predicted octanol–water partition coefficient (Wildman–Crippen LogP) is 2.80. The Morgan fingerprint density at radius 2 is 2.12 bits per heavy atom. The predicted molar refractivity (Wildman–Crippen MR) is 76.7 cm³/mol. The van der Waals surface area contributed by atoms with E-state index in [0.29, 0.717) is 6.54 Å². The Morgan fingerprint density at radius 3 is 2.76 bits per heavy atom. The number of hydrogen-bond acceptors (Lipinski definition) is 3. The van der Waals surface area contributed by atoms with E-state index in [1.807, 2.05) is 12.1 Å². The fraction of sp³-hybridized carbons (Fsp3) is 0.500. The largest absolute Gasteiger partial charge is 0.398 e. The normalized spacial score (nSPS) is 24.2. The van der Waals surface area contributed by atoms with Crippen molar-refractivity contribution in [2.24, 2.45) is 0 Å². The lowest BCUT2D eigenvalue weighted by Crippen LogP contribution is -2.35. The smallest absolute Gasteiger partial charge is 0.0693 e. The molecule has 1 unspecified atom stereocenters. The number of nitrogens with one attached hydrogen (secondary N) is 1. The summed E-state index contributed by atoms with van der Waals surface area (Å²) in [7, 11) is 0. The fourth-order valence-corrected chi connectivity index (χ4v) is 3.52. The molecule has 0 amide bonds. The Kier molecular flexibility index (Phi) is 4.47. The van der Waals surface area contributed by atoms with Gasteiger partial charge in [0.1, 0.15) is 0 Å². The van der Waals surface area contributed by atoms with Crippen LogP contribution in [0.4, 0.5) is 5.69 Å². The van der Waals surface area contributed by atoms with Crippen molar-refractivity contribution in [3.63, 3.8) is 0 Å². The topological polar surface area (TPSA) is 58.3 Å². The zero-order valence-electron chi connectivity index (χ0n) is 9.42. The van der Waals surface area contributed by atoms with Crippen LogP contribution in [0.5, 0.6) is 0 Å². The van der Waals surface area contributed by atoms with E-state index < -0.39 is 0 Å². The Hall–Kier alpha value is -0.100. The number of nitrogens with two attached hydrogens (primary N) is 1. The number of rotatable bonds is 3. The highest BCUT2D eigenvalue weighted by Crippen LogP contribution is 2.28. The number of anilines is 1. The summed E-state index contributed by atoms with van der Waals surface area (Å²) in [6.45, 7) is 0.686. The van der Waals surface area contributed by atoms with Crippen molar-refractivity contribution in [3.05, 3.63) is 26.6 Å². The molecular formula is C12H16Br2N2O. The second-order valence-corrected chi connectivity index (χ2v) is 6.22. The summed E-state index contributed by atoms with van der Waals surface area (Å²) in [4.78, 5) is 0. The second-order valence-electron chi connectivity index (χ2n) is 4.45. The SMILES string of the molecule is Nc1c(Br)cc(Br)cc1CN[C@@H]1CCCC1O. The molecule has 94 valence electrons. The van der Waals surface area contributed by atoms with Gasteiger partial charge in [-0.15, -0.1) is 0 Å². The van der Waals surface area contributed by atoms with Gasteiger partial charge in [0.25, 0.3) is 0 Å². The standard InChI is InChI=1S/C12H16Br2N2O/c13-8-4-7(12(15)9(14)5-8)6-16-10-2-1-3-11(10)17/h4-5,10-11,16-17H,1-3,6,15H2/t10-,11?/m1/s1. The van der Waals surface area contributed by atoms with E-state index in [9.17, 15) is 5.11 Å². The van der Waals surface area contributed by atoms with E-state index in [0.717, 1.165) is 39.5 Å². The molecular weight excluding hydrogens is 348 g/mol. The fourth-order valence-electron chi connectivity index (χ4n) is 2.20. The van der Waals surface area contributed by atoms with Crippen LogP contribution in [0.3, 0.4) is 0 Å². The van der Waals surface area contributed by atoms with E-state index in [1.54, 1.807) is 0 Å².